The minimum atomic E-state index is -0.400. The van der Waals surface area contributed by atoms with Gasteiger partial charge in [0, 0.05) is 5.69 Å². The molecule has 0 aliphatic rings. The second kappa shape index (κ2) is 11.3. The number of benzene rings is 2. The zero-order valence-corrected chi connectivity index (χ0v) is 18.6. The highest BCUT2D eigenvalue weighted by Gasteiger charge is 2.10. The van der Waals surface area contributed by atoms with E-state index >= 15 is 0 Å². The molecule has 0 saturated heterocycles. The first-order chi connectivity index (χ1) is 14.3. The molecule has 0 radical (unpaired) electrons. The molecule has 0 atom stereocenters. The van der Waals surface area contributed by atoms with Crippen molar-refractivity contribution >= 4 is 34.9 Å². The van der Waals surface area contributed by atoms with Crippen LogP contribution in [0.5, 0.6) is 5.75 Å². The number of esters is 1. The summed E-state index contributed by atoms with van der Waals surface area (Å²) < 4.78 is 10.7. The van der Waals surface area contributed by atoms with Gasteiger partial charge in [-0.15, -0.1) is 0 Å². The number of carbonyl (C=O) groups is 2. The highest BCUT2D eigenvalue weighted by molar-refractivity contribution is 7.80. The maximum Gasteiger partial charge on any atom is 0.338 e. The molecule has 160 valence electrons. The smallest absolute Gasteiger partial charge is 0.338 e. The molecule has 0 bridgehead atoms. The third-order valence-corrected chi connectivity index (χ3v) is 4.48. The van der Waals surface area contributed by atoms with Gasteiger partial charge in [0.15, 0.2) is 11.7 Å². The van der Waals surface area contributed by atoms with Gasteiger partial charge < -0.3 is 14.8 Å². The number of hydrogen-bond acceptors (Lipinski definition) is 5. The summed E-state index contributed by atoms with van der Waals surface area (Å²) in [5, 5.41) is 5.57. The van der Waals surface area contributed by atoms with Crippen molar-refractivity contribution in [2.24, 2.45) is 0 Å². The Labute approximate surface area is 183 Å². The van der Waals surface area contributed by atoms with E-state index in [0.717, 1.165) is 12.0 Å². The van der Waals surface area contributed by atoms with Crippen LogP contribution in [0.4, 0.5) is 5.69 Å². The van der Waals surface area contributed by atoms with E-state index in [1.807, 2.05) is 32.0 Å². The Hall–Kier alpha value is -2.93. The average Bonchev–Trinajstić information content (AvgIpc) is 2.70. The molecule has 0 aromatic heterocycles. The second-order valence-electron chi connectivity index (χ2n) is 7.18. The van der Waals surface area contributed by atoms with Gasteiger partial charge in [-0.05, 0) is 72.9 Å². The summed E-state index contributed by atoms with van der Waals surface area (Å²) in [4.78, 5) is 24.1. The van der Waals surface area contributed by atoms with Crippen molar-refractivity contribution < 1.29 is 19.1 Å². The first-order valence-corrected chi connectivity index (χ1v) is 10.3. The van der Waals surface area contributed by atoms with E-state index in [1.165, 1.54) is 5.56 Å². The maximum absolute atomic E-state index is 12.1. The largest absolute Gasteiger partial charge is 0.484 e. The van der Waals surface area contributed by atoms with E-state index in [4.69, 9.17) is 21.7 Å². The van der Waals surface area contributed by atoms with Gasteiger partial charge in [-0.1, -0.05) is 32.9 Å². The summed E-state index contributed by atoms with van der Waals surface area (Å²) in [7, 11) is 0. The van der Waals surface area contributed by atoms with Crippen LogP contribution in [0.3, 0.4) is 0 Å². The first-order valence-electron chi connectivity index (χ1n) is 9.91. The Morgan fingerprint density at radius 3 is 2.57 bits per heavy atom. The van der Waals surface area contributed by atoms with Gasteiger partial charge in [-0.25, -0.2) is 4.79 Å². The fourth-order valence-corrected chi connectivity index (χ4v) is 3.09. The minimum Gasteiger partial charge on any atom is -0.484 e. The normalized spacial score (nSPS) is 10.4. The summed E-state index contributed by atoms with van der Waals surface area (Å²) in [6.07, 6.45) is 0.753. The van der Waals surface area contributed by atoms with Gasteiger partial charge in [0.25, 0.3) is 5.91 Å². The van der Waals surface area contributed by atoms with Crippen molar-refractivity contribution in [1.82, 2.24) is 5.32 Å². The number of aryl methyl sites for hydroxylation is 1. The van der Waals surface area contributed by atoms with Crippen LogP contribution in [0.15, 0.2) is 42.5 Å². The monoisotopic (exact) mass is 428 g/mol. The molecule has 2 aromatic rings. The topological polar surface area (TPSA) is 76.7 Å². The van der Waals surface area contributed by atoms with Gasteiger partial charge in [-0.2, -0.15) is 0 Å². The zero-order valence-electron chi connectivity index (χ0n) is 17.8. The Bertz CT molecular complexity index is 912. The molecule has 0 aliphatic heterocycles. The predicted molar refractivity (Wildman–Crippen MR) is 122 cm³/mol. The molecule has 0 aliphatic carbocycles. The molecule has 0 saturated carbocycles. The van der Waals surface area contributed by atoms with Crippen LogP contribution in [-0.4, -0.2) is 30.2 Å². The van der Waals surface area contributed by atoms with Gasteiger partial charge in [0.05, 0.1) is 12.2 Å². The SMILES string of the molecule is CCCOC(=O)c1cccc(NC(=S)NC(=O)COc2ccc(C(C)C)c(C)c2)c1. The first kappa shape index (κ1) is 23.3. The van der Waals surface area contributed by atoms with Gasteiger partial charge >= 0.3 is 5.97 Å². The minimum absolute atomic E-state index is 0.119. The lowest BCUT2D eigenvalue weighted by molar-refractivity contribution is -0.121. The van der Waals surface area contributed by atoms with E-state index in [9.17, 15) is 9.59 Å². The number of anilines is 1. The molecule has 2 N–H and O–H groups in total. The summed E-state index contributed by atoms with van der Waals surface area (Å²) in [5.41, 5.74) is 3.36. The molecule has 1 amide bonds. The predicted octanol–water partition coefficient (Wildman–Crippen LogP) is 4.58. The Kier molecular flexibility index (Phi) is 8.80. The van der Waals surface area contributed by atoms with Crippen LogP contribution in [0, 0.1) is 6.92 Å². The van der Waals surface area contributed by atoms with Crippen molar-refractivity contribution in [2.45, 2.75) is 40.0 Å². The van der Waals surface area contributed by atoms with Gasteiger partial charge in [-0.3, -0.25) is 10.1 Å². The summed E-state index contributed by atoms with van der Waals surface area (Å²) in [6, 6.07) is 12.5. The molecule has 2 aromatic carbocycles. The maximum atomic E-state index is 12.1. The summed E-state index contributed by atoms with van der Waals surface area (Å²) >= 11 is 5.17. The number of ether oxygens (including phenoxy) is 2. The third-order valence-electron chi connectivity index (χ3n) is 4.28. The van der Waals surface area contributed by atoms with Crippen molar-refractivity contribution in [3.05, 3.63) is 59.2 Å². The molecule has 6 nitrogen and oxygen atoms in total. The van der Waals surface area contributed by atoms with Crippen molar-refractivity contribution in [2.75, 3.05) is 18.5 Å². The molecule has 30 heavy (non-hydrogen) atoms. The van der Waals surface area contributed by atoms with Crippen molar-refractivity contribution in [1.29, 1.82) is 0 Å². The summed E-state index contributed by atoms with van der Waals surface area (Å²) in [5.74, 6) is 0.279. The van der Waals surface area contributed by atoms with Crippen LogP contribution in [0.1, 0.15) is 54.6 Å². The van der Waals surface area contributed by atoms with Crippen LogP contribution in [0.25, 0.3) is 0 Å². The summed E-state index contributed by atoms with van der Waals surface area (Å²) in [6.45, 7) is 8.42. The third kappa shape index (κ3) is 7.15. The number of hydrogen-bond donors (Lipinski definition) is 2. The lowest BCUT2D eigenvalue weighted by atomic mass is 9.98. The molecule has 2 rings (SSSR count). The van der Waals surface area contributed by atoms with Gasteiger partial charge in [0.1, 0.15) is 5.75 Å². The fraction of sp³-hybridized carbons (Fsp3) is 0.348. The zero-order chi connectivity index (χ0) is 22.1. The van der Waals surface area contributed by atoms with E-state index in [-0.39, 0.29) is 17.6 Å². The Morgan fingerprint density at radius 1 is 1.13 bits per heavy atom. The number of nitrogens with one attached hydrogen (secondary N) is 2. The molecular weight excluding hydrogens is 400 g/mol. The number of amides is 1. The van der Waals surface area contributed by atoms with Crippen LogP contribution < -0.4 is 15.4 Å². The Balaban J connectivity index is 1.85. The van der Waals surface area contributed by atoms with E-state index in [1.54, 1.807) is 24.3 Å². The van der Waals surface area contributed by atoms with E-state index < -0.39 is 5.97 Å². The molecule has 7 heteroatoms. The lowest BCUT2D eigenvalue weighted by Gasteiger charge is -2.13. The number of carbonyl (C=O) groups excluding carboxylic acids is 2. The average molecular weight is 429 g/mol. The van der Waals surface area contributed by atoms with E-state index in [0.29, 0.717) is 29.5 Å². The van der Waals surface area contributed by atoms with Crippen molar-refractivity contribution in [3.63, 3.8) is 0 Å². The number of rotatable bonds is 8. The fourth-order valence-electron chi connectivity index (χ4n) is 2.86. The van der Waals surface area contributed by atoms with Crippen LogP contribution >= 0.6 is 12.2 Å². The standard InChI is InChI=1S/C23H28N2O4S/c1-5-11-28-22(27)17-7-6-8-18(13-17)24-23(30)25-21(26)14-29-19-9-10-20(15(2)3)16(4)12-19/h6-10,12-13,15H,5,11,14H2,1-4H3,(H2,24,25,26,30). The highest BCUT2D eigenvalue weighted by atomic mass is 32.1. The van der Waals surface area contributed by atoms with Crippen molar-refractivity contribution in [3.8, 4) is 5.75 Å². The molecular formula is C23H28N2O4S. The molecule has 0 spiro atoms. The molecule has 0 heterocycles. The second-order valence-corrected chi connectivity index (χ2v) is 7.59. The molecule has 0 fully saturated rings. The van der Waals surface area contributed by atoms with E-state index in [2.05, 4.69) is 24.5 Å². The van der Waals surface area contributed by atoms with Crippen LogP contribution in [-0.2, 0) is 9.53 Å². The van der Waals surface area contributed by atoms with Crippen LogP contribution in [0.2, 0.25) is 0 Å². The number of thiocarbonyl (C=S) groups is 1. The quantitative estimate of drug-likeness (QED) is 0.474. The Morgan fingerprint density at radius 2 is 1.90 bits per heavy atom. The highest BCUT2D eigenvalue weighted by Crippen LogP contribution is 2.23. The lowest BCUT2D eigenvalue weighted by Crippen LogP contribution is -2.37. The van der Waals surface area contributed by atoms with Gasteiger partial charge in [0.2, 0.25) is 0 Å². The molecule has 0 unspecified atom stereocenters.